The third-order valence-electron chi connectivity index (χ3n) is 4.88. The Labute approximate surface area is 174 Å². The Morgan fingerprint density at radius 3 is 2.31 bits per heavy atom. The summed E-state index contributed by atoms with van der Waals surface area (Å²) in [5.41, 5.74) is 8.77. The fourth-order valence-electron chi connectivity index (χ4n) is 3.37. The van der Waals surface area contributed by atoms with E-state index in [1.807, 2.05) is 55.3 Å². The van der Waals surface area contributed by atoms with Gasteiger partial charge in [-0.05, 0) is 37.9 Å². The molecule has 29 heavy (non-hydrogen) atoms. The van der Waals surface area contributed by atoms with Crippen molar-refractivity contribution in [2.24, 2.45) is 11.7 Å². The quantitative estimate of drug-likeness (QED) is 0.396. The van der Waals surface area contributed by atoms with Crippen LogP contribution in [0.4, 0.5) is 5.69 Å². The Morgan fingerprint density at radius 2 is 1.76 bits per heavy atom. The highest BCUT2D eigenvalue weighted by Gasteiger charge is 2.38. The SMILES string of the molecule is C=Cc1cccc2c1C(=N)C(C(=N)N(C)CC)C(c1ccccc1)N2.C=N.CN. The minimum absolute atomic E-state index is 0.136. The fraction of sp³-hybridized carbons (Fsp3) is 0.261. The van der Waals surface area contributed by atoms with Crippen molar-refractivity contribution in [1.82, 2.24) is 4.90 Å². The van der Waals surface area contributed by atoms with Gasteiger partial charge in [-0.1, -0.05) is 55.1 Å². The minimum Gasteiger partial charge on any atom is -0.377 e. The van der Waals surface area contributed by atoms with E-state index >= 15 is 0 Å². The second kappa shape index (κ2) is 11.6. The van der Waals surface area contributed by atoms with Crippen molar-refractivity contribution in [3.63, 3.8) is 0 Å². The minimum atomic E-state index is -0.346. The lowest BCUT2D eigenvalue weighted by Gasteiger charge is -2.38. The molecule has 0 saturated carbocycles. The van der Waals surface area contributed by atoms with Crippen LogP contribution < -0.4 is 11.1 Å². The van der Waals surface area contributed by atoms with Gasteiger partial charge in [-0.25, -0.2) is 0 Å². The molecule has 6 heteroatoms. The van der Waals surface area contributed by atoms with Crippen molar-refractivity contribution in [3.8, 4) is 0 Å². The first kappa shape index (κ1) is 23.8. The van der Waals surface area contributed by atoms with Gasteiger partial charge in [0, 0.05) is 24.8 Å². The molecule has 1 aliphatic heterocycles. The molecule has 0 saturated heterocycles. The molecule has 0 amide bonds. The zero-order valence-corrected chi connectivity index (χ0v) is 17.5. The van der Waals surface area contributed by atoms with E-state index in [-0.39, 0.29) is 12.0 Å². The first-order valence-corrected chi connectivity index (χ1v) is 9.46. The van der Waals surface area contributed by atoms with Crippen LogP contribution in [0, 0.1) is 22.1 Å². The third-order valence-corrected chi connectivity index (χ3v) is 4.88. The van der Waals surface area contributed by atoms with E-state index in [0.717, 1.165) is 28.9 Å². The van der Waals surface area contributed by atoms with Gasteiger partial charge >= 0.3 is 0 Å². The van der Waals surface area contributed by atoms with Crippen LogP contribution in [0.15, 0.2) is 55.1 Å². The maximum atomic E-state index is 8.90. The summed E-state index contributed by atoms with van der Waals surface area (Å²) >= 11 is 0. The highest BCUT2D eigenvalue weighted by molar-refractivity contribution is 6.18. The Hall–Kier alpha value is -3.25. The van der Waals surface area contributed by atoms with Gasteiger partial charge in [-0.2, -0.15) is 0 Å². The molecule has 154 valence electrons. The molecule has 1 heterocycles. The van der Waals surface area contributed by atoms with Crippen LogP contribution in [-0.4, -0.2) is 43.8 Å². The summed E-state index contributed by atoms with van der Waals surface area (Å²) in [6, 6.07) is 15.9. The van der Waals surface area contributed by atoms with Gasteiger partial charge in [0.05, 0.1) is 17.7 Å². The Morgan fingerprint density at radius 1 is 1.14 bits per heavy atom. The number of hydrogen-bond donors (Lipinski definition) is 5. The van der Waals surface area contributed by atoms with Crippen molar-refractivity contribution in [1.29, 1.82) is 16.2 Å². The Kier molecular flexibility index (Phi) is 9.48. The van der Waals surface area contributed by atoms with Gasteiger partial charge in [-0.3, -0.25) is 5.41 Å². The van der Waals surface area contributed by atoms with Crippen LogP contribution in [0.3, 0.4) is 0 Å². The smallest absolute Gasteiger partial charge is 0.107 e. The maximum Gasteiger partial charge on any atom is 0.107 e. The van der Waals surface area contributed by atoms with Gasteiger partial charge in [0.1, 0.15) is 5.84 Å². The first-order chi connectivity index (χ1) is 14.1. The summed E-state index contributed by atoms with van der Waals surface area (Å²) < 4.78 is 0. The van der Waals surface area contributed by atoms with E-state index in [2.05, 4.69) is 36.5 Å². The summed E-state index contributed by atoms with van der Waals surface area (Å²) in [5, 5.41) is 26.7. The number of fused-ring (bicyclic) bond motifs is 1. The number of hydrogen-bond acceptors (Lipinski definition) is 5. The van der Waals surface area contributed by atoms with Crippen LogP contribution in [0.5, 0.6) is 0 Å². The molecule has 0 bridgehead atoms. The van der Waals surface area contributed by atoms with Gasteiger partial charge in [-0.15, -0.1) is 0 Å². The summed E-state index contributed by atoms with van der Waals surface area (Å²) in [7, 11) is 3.41. The number of nitrogens with two attached hydrogens (primary N) is 1. The zero-order valence-electron chi connectivity index (χ0n) is 17.5. The standard InChI is InChI=1S/C21H24N4.CH5N.CH3N/c1-4-14-12-9-13-16-17(14)19(22)18(21(23)25(3)5-2)20(24-16)15-10-7-6-8-11-15;2*1-2/h4,6-13,18,20,22-24H,1,5H2,2-3H3;2H2,1H3;2H,1H2. The highest BCUT2D eigenvalue weighted by atomic mass is 15.1. The van der Waals surface area contributed by atoms with Crippen molar-refractivity contribution in [3.05, 3.63) is 71.8 Å². The molecule has 2 aromatic carbocycles. The first-order valence-electron chi connectivity index (χ1n) is 9.46. The number of nitrogens with zero attached hydrogens (tertiary/aromatic N) is 1. The molecular weight excluding hydrogens is 360 g/mol. The van der Waals surface area contributed by atoms with Gasteiger partial charge in [0.25, 0.3) is 0 Å². The van der Waals surface area contributed by atoms with Gasteiger partial charge < -0.3 is 26.8 Å². The van der Waals surface area contributed by atoms with Crippen molar-refractivity contribution in [2.75, 3.05) is 26.0 Å². The van der Waals surface area contributed by atoms with E-state index in [9.17, 15) is 0 Å². The van der Waals surface area contributed by atoms with Crippen LogP contribution in [-0.2, 0) is 0 Å². The average molecular weight is 393 g/mol. The lowest BCUT2D eigenvalue weighted by Crippen LogP contribution is -2.44. The van der Waals surface area contributed by atoms with E-state index in [1.54, 1.807) is 6.08 Å². The molecular formula is C23H32N6. The Bertz CT molecular complexity index is 831. The largest absolute Gasteiger partial charge is 0.377 e. The maximum absolute atomic E-state index is 8.90. The Balaban J connectivity index is 0.000000989. The topological polar surface area (TPSA) is 113 Å². The van der Waals surface area contributed by atoms with E-state index < -0.39 is 0 Å². The number of anilines is 1. The second-order valence-corrected chi connectivity index (χ2v) is 6.30. The fourth-order valence-corrected chi connectivity index (χ4v) is 3.37. The molecule has 0 radical (unpaired) electrons. The lowest BCUT2D eigenvalue weighted by molar-refractivity contribution is 0.491. The average Bonchev–Trinajstić information content (AvgIpc) is 2.80. The van der Waals surface area contributed by atoms with Crippen LogP contribution in [0.25, 0.3) is 6.08 Å². The molecule has 2 atom stereocenters. The van der Waals surface area contributed by atoms with Crippen molar-refractivity contribution in [2.45, 2.75) is 13.0 Å². The number of rotatable bonds is 4. The van der Waals surface area contributed by atoms with Crippen LogP contribution in [0.1, 0.15) is 29.7 Å². The molecule has 2 aromatic rings. The van der Waals surface area contributed by atoms with Crippen molar-refractivity contribution < 1.29 is 0 Å². The number of benzene rings is 2. The molecule has 0 fully saturated rings. The molecule has 2 unspecified atom stereocenters. The summed E-state index contributed by atoms with van der Waals surface area (Å²) in [5.74, 6) is 0.110. The monoisotopic (exact) mass is 392 g/mol. The third kappa shape index (κ3) is 4.97. The number of amidine groups is 1. The van der Waals surface area contributed by atoms with E-state index in [0.29, 0.717) is 11.5 Å². The molecule has 6 N–H and O–H groups in total. The predicted octanol–water partition coefficient (Wildman–Crippen LogP) is 4.25. The van der Waals surface area contributed by atoms with Crippen LogP contribution in [0.2, 0.25) is 0 Å². The summed E-state index contributed by atoms with van der Waals surface area (Å²) in [6.07, 6.45) is 1.78. The van der Waals surface area contributed by atoms with Gasteiger partial charge in [0.15, 0.2) is 0 Å². The molecule has 3 rings (SSSR count). The highest BCUT2D eigenvalue weighted by Crippen LogP contribution is 2.39. The van der Waals surface area contributed by atoms with E-state index in [4.69, 9.17) is 16.2 Å². The lowest BCUT2D eigenvalue weighted by atomic mass is 9.79. The van der Waals surface area contributed by atoms with Gasteiger partial charge in [0.2, 0.25) is 0 Å². The second-order valence-electron chi connectivity index (χ2n) is 6.30. The van der Waals surface area contributed by atoms with E-state index in [1.165, 1.54) is 7.05 Å². The number of nitrogens with one attached hydrogen (secondary N) is 4. The predicted molar refractivity (Wildman–Crippen MR) is 126 cm³/mol. The van der Waals surface area contributed by atoms with Crippen LogP contribution >= 0.6 is 0 Å². The zero-order chi connectivity index (χ0) is 22.0. The van der Waals surface area contributed by atoms with Crippen molar-refractivity contribution >= 4 is 30.0 Å². The molecule has 6 nitrogen and oxygen atoms in total. The molecule has 1 aliphatic rings. The normalized spacial score (nSPS) is 16.6. The molecule has 0 aromatic heterocycles. The summed E-state index contributed by atoms with van der Waals surface area (Å²) in [6.45, 7) is 9.14. The molecule has 0 spiro atoms. The molecule has 0 aliphatic carbocycles. The summed E-state index contributed by atoms with van der Waals surface area (Å²) in [4.78, 5) is 1.90.